The van der Waals surface area contributed by atoms with Crippen LogP contribution in [-0.4, -0.2) is 37.3 Å². The van der Waals surface area contributed by atoms with E-state index in [4.69, 9.17) is 28.6 Å². The molecular formula is C20H20ClN3O2S. The fourth-order valence-electron chi connectivity index (χ4n) is 2.77. The van der Waals surface area contributed by atoms with Gasteiger partial charge in [0.05, 0.1) is 29.6 Å². The largest absolute Gasteiger partial charge is 0.378 e. The molecule has 0 bridgehead atoms. The summed E-state index contributed by atoms with van der Waals surface area (Å²) in [5.74, 6) is -0.300. The van der Waals surface area contributed by atoms with Crippen molar-refractivity contribution in [2.75, 3.05) is 36.5 Å². The monoisotopic (exact) mass is 401 g/mol. The second kappa shape index (κ2) is 9.50. The van der Waals surface area contributed by atoms with E-state index < -0.39 is 0 Å². The number of hydrogen-bond donors (Lipinski definition) is 2. The van der Waals surface area contributed by atoms with E-state index in [1.165, 1.54) is 6.08 Å². The lowest BCUT2D eigenvalue weighted by Crippen LogP contribution is -2.38. The minimum Gasteiger partial charge on any atom is -0.378 e. The van der Waals surface area contributed by atoms with Gasteiger partial charge in [0, 0.05) is 19.2 Å². The molecule has 1 saturated heterocycles. The van der Waals surface area contributed by atoms with Gasteiger partial charge in [0.2, 0.25) is 5.91 Å². The first-order chi connectivity index (χ1) is 13.1. The molecule has 0 aliphatic carbocycles. The van der Waals surface area contributed by atoms with Crippen LogP contribution in [-0.2, 0) is 9.53 Å². The predicted molar refractivity (Wildman–Crippen MR) is 114 cm³/mol. The summed E-state index contributed by atoms with van der Waals surface area (Å²) >= 11 is 11.7. The Bertz CT molecular complexity index is 836. The molecule has 140 valence electrons. The quantitative estimate of drug-likeness (QED) is 0.604. The van der Waals surface area contributed by atoms with Crippen LogP contribution in [0.4, 0.5) is 11.4 Å². The first-order valence-corrected chi connectivity index (χ1v) is 9.38. The number of benzene rings is 2. The number of anilines is 2. The summed E-state index contributed by atoms with van der Waals surface area (Å²) in [6, 6.07) is 15.1. The van der Waals surface area contributed by atoms with Crippen LogP contribution >= 0.6 is 23.8 Å². The Morgan fingerprint density at radius 2 is 1.85 bits per heavy atom. The smallest absolute Gasteiger partial charge is 0.250 e. The van der Waals surface area contributed by atoms with Gasteiger partial charge in [-0.05, 0) is 36.0 Å². The number of ether oxygens (including phenoxy) is 1. The van der Waals surface area contributed by atoms with Crippen molar-refractivity contribution in [2.24, 2.45) is 0 Å². The van der Waals surface area contributed by atoms with Gasteiger partial charge < -0.3 is 15.0 Å². The van der Waals surface area contributed by atoms with Crippen molar-refractivity contribution in [1.29, 1.82) is 0 Å². The number of para-hydroxylation sites is 1. The average molecular weight is 402 g/mol. The molecule has 0 spiro atoms. The van der Waals surface area contributed by atoms with E-state index in [0.29, 0.717) is 18.2 Å². The number of rotatable bonds is 4. The van der Waals surface area contributed by atoms with E-state index in [0.717, 1.165) is 30.0 Å². The van der Waals surface area contributed by atoms with Crippen LogP contribution in [0.25, 0.3) is 6.08 Å². The number of carbonyl (C=O) groups excluding carboxylic acids is 1. The molecule has 2 N–H and O–H groups in total. The number of nitrogens with zero attached hydrogens (tertiary/aromatic N) is 1. The van der Waals surface area contributed by atoms with Gasteiger partial charge in [-0.15, -0.1) is 0 Å². The molecule has 1 heterocycles. The molecule has 1 amide bonds. The molecule has 27 heavy (non-hydrogen) atoms. The highest BCUT2D eigenvalue weighted by Crippen LogP contribution is 2.34. The Kier molecular flexibility index (Phi) is 6.81. The fourth-order valence-corrected chi connectivity index (χ4v) is 3.27. The molecule has 3 rings (SSSR count). The van der Waals surface area contributed by atoms with E-state index in [2.05, 4.69) is 15.5 Å². The molecule has 2 aromatic rings. The number of morpholine rings is 1. The summed E-state index contributed by atoms with van der Waals surface area (Å²) in [6.45, 7) is 2.79. The standard InChI is InChI=1S/C20H20ClN3O2S/c21-16-7-4-8-17(19(16)24-11-13-26-14-12-24)22-20(27)23-18(25)10-9-15-5-2-1-3-6-15/h1-10H,11-14H2,(H2,22,23,25,27). The molecule has 0 unspecified atom stereocenters. The van der Waals surface area contributed by atoms with Crippen molar-refractivity contribution in [1.82, 2.24) is 5.32 Å². The molecule has 2 aromatic carbocycles. The topological polar surface area (TPSA) is 53.6 Å². The Labute approximate surface area is 169 Å². The van der Waals surface area contributed by atoms with Gasteiger partial charge in [0.1, 0.15) is 0 Å². The third kappa shape index (κ3) is 5.53. The van der Waals surface area contributed by atoms with Crippen molar-refractivity contribution in [3.05, 3.63) is 65.2 Å². The van der Waals surface area contributed by atoms with Gasteiger partial charge in [0.25, 0.3) is 0 Å². The van der Waals surface area contributed by atoms with Crippen LogP contribution in [0.5, 0.6) is 0 Å². The first kappa shape index (κ1) is 19.4. The molecule has 0 saturated carbocycles. The molecule has 1 aliphatic heterocycles. The highest BCUT2D eigenvalue weighted by molar-refractivity contribution is 7.80. The van der Waals surface area contributed by atoms with Gasteiger partial charge in [0.15, 0.2) is 5.11 Å². The third-order valence-electron chi connectivity index (χ3n) is 4.03. The maximum Gasteiger partial charge on any atom is 0.250 e. The van der Waals surface area contributed by atoms with E-state index in [1.807, 2.05) is 48.5 Å². The van der Waals surface area contributed by atoms with Crippen LogP contribution < -0.4 is 15.5 Å². The summed E-state index contributed by atoms with van der Waals surface area (Å²) < 4.78 is 5.40. The Morgan fingerprint density at radius 3 is 2.59 bits per heavy atom. The van der Waals surface area contributed by atoms with Crippen molar-refractivity contribution in [3.63, 3.8) is 0 Å². The number of thiocarbonyl (C=S) groups is 1. The normalized spacial score (nSPS) is 14.2. The lowest BCUT2D eigenvalue weighted by molar-refractivity contribution is -0.115. The van der Waals surface area contributed by atoms with Crippen molar-refractivity contribution < 1.29 is 9.53 Å². The van der Waals surface area contributed by atoms with Crippen LogP contribution in [0.1, 0.15) is 5.56 Å². The number of hydrogen-bond acceptors (Lipinski definition) is 4. The Hall–Kier alpha value is -2.41. The van der Waals surface area contributed by atoms with Gasteiger partial charge in [-0.25, -0.2) is 0 Å². The molecule has 1 fully saturated rings. The van der Waals surface area contributed by atoms with Crippen molar-refractivity contribution in [2.45, 2.75) is 0 Å². The van der Waals surface area contributed by atoms with E-state index >= 15 is 0 Å². The number of carbonyl (C=O) groups is 1. The SMILES string of the molecule is O=C(C=Cc1ccccc1)NC(=S)Nc1cccc(Cl)c1N1CCOCC1. The number of halogens is 1. The van der Waals surface area contributed by atoms with Gasteiger partial charge >= 0.3 is 0 Å². The zero-order valence-corrected chi connectivity index (χ0v) is 16.2. The molecule has 5 nitrogen and oxygen atoms in total. The van der Waals surface area contributed by atoms with Gasteiger partial charge in [-0.2, -0.15) is 0 Å². The Morgan fingerprint density at radius 1 is 1.11 bits per heavy atom. The zero-order valence-electron chi connectivity index (χ0n) is 14.7. The lowest BCUT2D eigenvalue weighted by Gasteiger charge is -2.31. The summed E-state index contributed by atoms with van der Waals surface area (Å²) in [4.78, 5) is 14.2. The number of amides is 1. The molecular weight excluding hydrogens is 382 g/mol. The zero-order chi connectivity index (χ0) is 19.1. The van der Waals surface area contributed by atoms with Gasteiger partial charge in [-0.3, -0.25) is 10.1 Å². The maximum atomic E-state index is 12.1. The molecule has 0 atom stereocenters. The minimum absolute atomic E-state index is 0.217. The molecule has 7 heteroatoms. The second-order valence-electron chi connectivity index (χ2n) is 5.92. The molecule has 1 aliphatic rings. The van der Waals surface area contributed by atoms with E-state index in [9.17, 15) is 4.79 Å². The lowest BCUT2D eigenvalue weighted by atomic mass is 10.2. The Balaban J connectivity index is 1.64. The third-order valence-corrected chi connectivity index (χ3v) is 4.53. The summed E-state index contributed by atoms with van der Waals surface area (Å²) in [5.41, 5.74) is 2.55. The second-order valence-corrected chi connectivity index (χ2v) is 6.74. The maximum absolute atomic E-state index is 12.1. The number of nitrogens with one attached hydrogen (secondary N) is 2. The van der Waals surface area contributed by atoms with Crippen LogP contribution in [0.2, 0.25) is 5.02 Å². The van der Waals surface area contributed by atoms with Crippen LogP contribution in [0.3, 0.4) is 0 Å². The highest BCUT2D eigenvalue weighted by Gasteiger charge is 2.18. The van der Waals surface area contributed by atoms with Crippen LogP contribution in [0, 0.1) is 0 Å². The first-order valence-electron chi connectivity index (χ1n) is 8.60. The predicted octanol–water partition coefficient (Wildman–Crippen LogP) is 3.70. The average Bonchev–Trinajstić information content (AvgIpc) is 2.68. The van der Waals surface area contributed by atoms with E-state index in [-0.39, 0.29) is 11.0 Å². The highest BCUT2D eigenvalue weighted by atomic mass is 35.5. The molecule has 0 radical (unpaired) electrons. The fraction of sp³-hybridized carbons (Fsp3) is 0.200. The summed E-state index contributed by atoms with van der Waals surface area (Å²) in [6.07, 6.45) is 3.18. The van der Waals surface area contributed by atoms with Crippen molar-refractivity contribution in [3.8, 4) is 0 Å². The summed E-state index contributed by atoms with van der Waals surface area (Å²) in [7, 11) is 0. The van der Waals surface area contributed by atoms with Gasteiger partial charge in [-0.1, -0.05) is 48.0 Å². The van der Waals surface area contributed by atoms with Crippen LogP contribution in [0.15, 0.2) is 54.6 Å². The van der Waals surface area contributed by atoms with E-state index in [1.54, 1.807) is 6.08 Å². The van der Waals surface area contributed by atoms with Crippen molar-refractivity contribution >= 4 is 52.3 Å². The minimum atomic E-state index is -0.300. The summed E-state index contributed by atoms with van der Waals surface area (Å²) in [5, 5.41) is 6.58. The molecule has 0 aromatic heterocycles.